The van der Waals surface area contributed by atoms with Crippen molar-refractivity contribution in [3.05, 3.63) is 87.0 Å². The number of ketones is 2. The Labute approximate surface area is 175 Å². The highest BCUT2D eigenvalue weighted by molar-refractivity contribution is 7.86. The number of hydrogen-bond acceptors (Lipinski definition) is 9. The van der Waals surface area contributed by atoms with Gasteiger partial charge >= 0.3 is 0 Å². The van der Waals surface area contributed by atoms with Crippen LogP contribution in [0.2, 0.25) is 0 Å². The minimum atomic E-state index is -5.11. The molecule has 156 valence electrons. The van der Waals surface area contributed by atoms with Gasteiger partial charge in [0.25, 0.3) is 5.69 Å². The predicted molar refractivity (Wildman–Crippen MR) is 109 cm³/mol. The summed E-state index contributed by atoms with van der Waals surface area (Å²) in [6, 6.07) is 12.0. The molecule has 0 saturated carbocycles. The van der Waals surface area contributed by atoms with Crippen LogP contribution in [0.4, 0.5) is 22.7 Å². The van der Waals surface area contributed by atoms with E-state index in [0.29, 0.717) is 0 Å². The zero-order valence-corrected chi connectivity index (χ0v) is 16.3. The lowest BCUT2D eigenvalue weighted by atomic mass is 9.82. The van der Waals surface area contributed by atoms with E-state index in [2.05, 4.69) is 5.32 Å². The smallest absolute Gasteiger partial charge is 0.271 e. The number of nitro groups is 1. The minimum Gasteiger partial charge on any atom is -0.744 e. The Bertz CT molecular complexity index is 1410. The Kier molecular flexibility index (Phi) is 4.56. The van der Waals surface area contributed by atoms with Gasteiger partial charge in [0, 0.05) is 28.9 Å². The largest absolute Gasteiger partial charge is 0.744 e. The van der Waals surface area contributed by atoms with Crippen molar-refractivity contribution in [3.63, 3.8) is 0 Å². The number of carbonyl (C=O) groups excluding carboxylic acids is 2. The number of non-ortho nitro benzene ring substituents is 1. The van der Waals surface area contributed by atoms with E-state index in [9.17, 15) is 32.7 Å². The average molecular weight is 438 g/mol. The maximum atomic E-state index is 13.2. The molecule has 10 nitrogen and oxygen atoms in total. The number of nitrogens with zero attached hydrogens (tertiary/aromatic N) is 1. The van der Waals surface area contributed by atoms with Gasteiger partial charge in [-0.3, -0.25) is 19.7 Å². The summed E-state index contributed by atoms with van der Waals surface area (Å²) in [6.45, 7) is 0. The molecule has 0 saturated heterocycles. The summed E-state index contributed by atoms with van der Waals surface area (Å²) in [7, 11) is -5.11. The van der Waals surface area contributed by atoms with Crippen LogP contribution in [0.3, 0.4) is 0 Å². The first kappa shape index (κ1) is 20.2. The van der Waals surface area contributed by atoms with Crippen LogP contribution in [0, 0.1) is 10.1 Å². The molecule has 0 aliphatic heterocycles. The number of fused-ring (bicyclic) bond motifs is 2. The average Bonchev–Trinajstić information content (AvgIpc) is 2.72. The molecule has 0 fully saturated rings. The van der Waals surface area contributed by atoms with Crippen molar-refractivity contribution < 1.29 is 27.5 Å². The van der Waals surface area contributed by atoms with E-state index in [-0.39, 0.29) is 33.8 Å². The third-order valence-corrected chi connectivity index (χ3v) is 5.68. The van der Waals surface area contributed by atoms with E-state index in [4.69, 9.17) is 5.73 Å². The number of nitro benzene ring substituents is 1. The first-order chi connectivity index (χ1) is 14.6. The quantitative estimate of drug-likeness (QED) is 0.210. The molecule has 4 rings (SSSR count). The molecule has 0 heterocycles. The van der Waals surface area contributed by atoms with Gasteiger partial charge in [0.1, 0.15) is 10.1 Å². The summed E-state index contributed by atoms with van der Waals surface area (Å²) in [6.07, 6.45) is 0. The number of nitrogens with two attached hydrogens (primary N) is 1. The summed E-state index contributed by atoms with van der Waals surface area (Å²) >= 11 is 0. The lowest BCUT2D eigenvalue weighted by molar-refractivity contribution is -0.384. The number of benzene rings is 3. The van der Waals surface area contributed by atoms with Gasteiger partial charge in [-0.1, -0.05) is 30.3 Å². The molecular formula is C20H12N3O7S-. The summed E-state index contributed by atoms with van der Waals surface area (Å²) < 4.78 is 35.3. The van der Waals surface area contributed by atoms with Crippen molar-refractivity contribution in [2.75, 3.05) is 11.1 Å². The zero-order chi connectivity index (χ0) is 22.5. The van der Waals surface area contributed by atoms with Crippen molar-refractivity contribution in [1.82, 2.24) is 0 Å². The number of carbonyl (C=O) groups is 2. The fraction of sp³-hybridized carbons (Fsp3) is 0. The van der Waals surface area contributed by atoms with Crippen molar-refractivity contribution in [1.29, 1.82) is 0 Å². The van der Waals surface area contributed by atoms with E-state index in [1.807, 2.05) is 0 Å². The van der Waals surface area contributed by atoms with Crippen LogP contribution >= 0.6 is 0 Å². The number of anilines is 3. The molecule has 0 amide bonds. The molecule has 11 heteroatoms. The van der Waals surface area contributed by atoms with Crippen LogP contribution in [-0.4, -0.2) is 29.5 Å². The van der Waals surface area contributed by atoms with Crippen LogP contribution in [0.5, 0.6) is 0 Å². The van der Waals surface area contributed by atoms with E-state index in [0.717, 1.165) is 12.1 Å². The Morgan fingerprint density at radius 3 is 2.10 bits per heavy atom. The molecule has 0 atom stereocenters. The molecule has 0 bridgehead atoms. The molecular weight excluding hydrogens is 426 g/mol. The first-order valence-corrected chi connectivity index (χ1v) is 10.1. The van der Waals surface area contributed by atoms with Crippen molar-refractivity contribution in [3.8, 4) is 0 Å². The molecule has 0 spiro atoms. The lowest BCUT2D eigenvalue weighted by Gasteiger charge is -2.24. The molecule has 1 aliphatic carbocycles. The van der Waals surface area contributed by atoms with Crippen molar-refractivity contribution in [2.24, 2.45) is 0 Å². The van der Waals surface area contributed by atoms with Gasteiger partial charge in [0.15, 0.2) is 11.6 Å². The third kappa shape index (κ3) is 3.31. The maximum absolute atomic E-state index is 13.2. The molecule has 1 aliphatic rings. The Balaban J connectivity index is 2.00. The molecule has 3 aromatic carbocycles. The monoisotopic (exact) mass is 438 g/mol. The first-order valence-electron chi connectivity index (χ1n) is 8.72. The Morgan fingerprint density at radius 2 is 1.52 bits per heavy atom. The molecule has 3 N–H and O–H groups in total. The number of nitrogen functional groups attached to an aromatic ring is 1. The van der Waals surface area contributed by atoms with Crippen LogP contribution in [0.15, 0.2) is 59.5 Å². The second-order valence-electron chi connectivity index (χ2n) is 6.68. The lowest BCUT2D eigenvalue weighted by Crippen LogP contribution is -2.25. The van der Waals surface area contributed by atoms with E-state index in [1.54, 1.807) is 6.07 Å². The molecule has 3 aromatic rings. The molecule has 0 aromatic heterocycles. The van der Waals surface area contributed by atoms with Gasteiger partial charge in [-0.05, 0) is 12.1 Å². The third-order valence-electron chi connectivity index (χ3n) is 4.81. The van der Waals surface area contributed by atoms with Crippen LogP contribution in [0.1, 0.15) is 31.8 Å². The van der Waals surface area contributed by atoms with E-state index >= 15 is 0 Å². The van der Waals surface area contributed by atoms with Gasteiger partial charge in [-0.25, -0.2) is 8.42 Å². The van der Waals surface area contributed by atoms with Crippen LogP contribution in [0.25, 0.3) is 0 Å². The summed E-state index contributed by atoms with van der Waals surface area (Å²) in [5.41, 5.74) is 4.39. The zero-order valence-electron chi connectivity index (χ0n) is 15.5. The second-order valence-corrected chi connectivity index (χ2v) is 8.02. The highest BCUT2D eigenvalue weighted by Gasteiger charge is 2.35. The Morgan fingerprint density at radius 1 is 0.903 bits per heavy atom. The fourth-order valence-corrected chi connectivity index (χ4v) is 4.09. The molecule has 0 unspecified atom stereocenters. The standard InChI is InChI=1S/C20H13N3O7S/c21-18-15(31(28,29)30)9-14(22-10-4-3-5-11(8-10)23(26)27)16-17(18)20(25)13-7-2-1-6-12(13)19(16)24/h1-9,22H,21H2,(H,28,29,30)/p-1. The van der Waals surface area contributed by atoms with Crippen LogP contribution < -0.4 is 11.1 Å². The van der Waals surface area contributed by atoms with Gasteiger partial charge < -0.3 is 15.6 Å². The Hall–Kier alpha value is -4.09. The summed E-state index contributed by atoms with van der Waals surface area (Å²) in [5, 5.41) is 13.8. The molecule has 0 radical (unpaired) electrons. The van der Waals surface area contributed by atoms with Gasteiger partial charge in [0.2, 0.25) is 0 Å². The number of hydrogen-bond donors (Lipinski definition) is 2. The highest BCUT2D eigenvalue weighted by atomic mass is 32.2. The number of nitrogens with one attached hydrogen (secondary N) is 1. The minimum absolute atomic E-state index is 0.0217. The summed E-state index contributed by atoms with van der Waals surface area (Å²) in [4.78, 5) is 35.8. The van der Waals surface area contributed by atoms with E-state index < -0.39 is 42.8 Å². The van der Waals surface area contributed by atoms with Gasteiger partial charge in [-0.2, -0.15) is 0 Å². The summed E-state index contributed by atoms with van der Waals surface area (Å²) in [5.74, 6) is -1.32. The van der Waals surface area contributed by atoms with Gasteiger partial charge in [-0.15, -0.1) is 0 Å². The topological polar surface area (TPSA) is 173 Å². The maximum Gasteiger partial charge on any atom is 0.271 e. The molecule has 31 heavy (non-hydrogen) atoms. The highest BCUT2D eigenvalue weighted by Crippen LogP contribution is 2.40. The van der Waals surface area contributed by atoms with Gasteiger partial charge in [0.05, 0.1) is 32.3 Å². The van der Waals surface area contributed by atoms with Crippen molar-refractivity contribution >= 4 is 44.4 Å². The van der Waals surface area contributed by atoms with E-state index in [1.165, 1.54) is 36.4 Å². The van der Waals surface area contributed by atoms with Crippen molar-refractivity contribution in [2.45, 2.75) is 4.90 Å². The SMILES string of the molecule is Nc1c(S(=O)(=O)[O-])cc(Nc2cccc([N+](=O)[O-])c2)c2c1C(=O)c1ccccc1C2=O. The van der Waals surface area contributed by atoms with Crippen LogP contribution in [-0.2, 0) is 10.1 Å². The normalized spacial score (nSPS) is 12.8. The fourth-order valence-electron chi connectivity index (χ4n) is 3.45. The number of rotatable bonds is 4. The predicted octanol–water partition coefficient (Wildman–Crippen LogP) is 2.60. The second kappa shape index (κ2) is 7.00.